The molecule has 3 aromatic rings. The second-order valence-corrected chi connectivity index (χ2v) is 8.05. The number of amides is 1. The molecule has 0 spiro atoms. The smallest absolute Gasteiger partial charge is 0.329 e. The number of esters is 1. The molecular weight excluding hydrogens is 446 g/mol. The van der Waals surface area contributed by atoms with E-state index in [1.165, 1.54) is 4.90 Å². The number of carbonyl (C=O) groups excluding carboxylic acids is 2. The van der Waals surface area contributed by atoms with E-state index in [1.807, 2.05) is 18.2 Å². The Morgan fingerprint density at radius 1 is 1.24 bits per heavy atom. The van der Waals surface area contributed by atoms with Crippen molar-refractivity contribution in [3.05, 3.63) is 64.6 Å². The normalized spacial score (nSPS) is 18.6. The summed E-state index contributed by atoms with van der Waals surface area (Å²) in [7, 11) is 0. The fourth-order valence-corrected chi connectivity index (χ4v) is 4.77. The highest BCUT2D eigenvalue weighted by Gasteiger charge is 2.44. The zero-order valence-electron chi connectivity index (χ0n) is 17.8. The molecule has 1 amide bonds. The van der Waals surface area contributed by atoms with Crippen molar-refractivity contribution in [3.63, 3.8) is 0 Å². The monoisotopic (exact) mass is 465 g/mol. The number of fused-ring (bicyclic) bond motifs is 4. The molecule has 0 fully saturated rings. The number of hydrogen-bond donors (Lipinski definition) is 1. The molecule has 0 saturated carbocycles. The highest BCUT2D eigenvalue weighted by molar-refractivity contribution is 6.27. The molecule has 3 heterocycles. The minimum atomic E-state index is -0.848. The van der Waals surface area contributed by atoms with E-state index in [1.54, 1.807) is 25.1 Å². The Bertz CT molecular complexity index is 1310. The molecule has 8 nitrogen and oxygen atoms in total. The molecule has 2 atom stereocenters. The summed E-state index contributed by atoms with van der Waals surface area (Å²) in [6, 6.07) is 9.35. The number of aromatic amines is 1. The van der Waals surface area contributed by atoms with Crippen LogP contribution in [0.3, 0.4) is 0 Å². The summed E-state index contributed by atoms with van der Waals surface area (Å²) in [5, 5.41) is 0.899. The third kappa shape index (κ3) is 3.45. The summed E-state index contributed by atoms with van der Waals surface area (Å²) in [6.07, 6.45) is 0.273. The van der Waals surface area contributed by atoms with E-state index in [9.17, 15) is 9.59 Å². The van der Waals surface area contributed by atoms with Gasteiger partial charge < -0.3 is 24.1 Å². The number of hydrogen-bond acceptors (Lipinski definition) is 5. The molecule has 0 bridgehead atoms. The van der Waals surface area contributed by atoms with Crippen molar-refractivity contribution in [1.82, 2.24) is 9.88 Å². The predicted octanol–water partition coefficient (Wildman–Crippen LogP) is 4.09. The lowest BCUT2D eigenvalue weighted by molar-refractivity contribution is -0.156. The lowest BCUT2D eigenvalue weighted by Gasteiger charge is -2.40. The van der Waals surface area contributed by atoms with Crippen molar-refractivity contribution in [2.75, 3.05) is 19.3 Å². The maximum absolute atomic E-state index is 13.1. The van der Waals surface area contributed by atoms with Crippen LogP contribution in [0.5, 0.6) is 11.5 Å². The van der Waals surface area contributed by atoms with Gasteiger partial charge in [0.25, 0.3) is 0 Å². The second kappa shape index (κ2) is 8.34. The topological polar surface area (TPSA) is 85.2 Å². The number of nitrogens with one attached hydrogen (secondary N) is 1. The van der Waals surface area contributed by atoms with Crippen LogP contribution in [-0.2, 0) is 20.7 Å². The molecule has 0 aliphatic carbocycles. The number of nitrogens with zero attached hydrogens (tertiary/aromatic N) is 2. The van der Waals surface area contributed by atoms with E-state index < -0.39 is 18.1 Å². The third-order valence-corrected chi connectivity index (χ3v) is 6.24. The van der Waals surface area contributed by atoms with Crippen LogP contribution in [0.2, 0.25) is 0 Å². The Morgan fingerprint density at radius 2 is 2.06 bits per heavy atom. The molecule has 5 rings (SSSR count). The Balaban J connectivity index is 1.74. The minimum Gasteiger partial charge on any atom is -0.464 e. The van der Waals surface area contributed by atoms with Crippen LogP contribution in [0, 0.1) is 6.57 Å². The summed E-state index contributed by atoms with van der Waals surface area (Å²) < 4.78 is 16.3. The second-order valence-electron chi connectivity index (χ2n) is 7.78. The van der Waals surface area contributed by atoms with Gasteiger partial charge in [0.2, 0.25) is 12.7 Å². The largest absolute Gasteiger partial charge is 0.464 e. The zero-order valence-corrected chi connectivity index (χ0v) is 18.5. The van der Waals surface area contributed by atoms with Crippen LogP contribution < -0.4 is 9.47 Å². The molecule has 1 aromatic heterocycles. The lowest BCUT2D eigenvalue weighted by Crippen LogP contribution is -2.52. The summed E-state index contributed by atoms with van der Waals surface area (Å²) >= 11 is 5.99. The van der Waals surface area contributed by atoms with Gasteiger partial charge in [-0.1, -0.05) is 18.2 Å². The number of aromatic nitrogens is 1. The Kier molecular flexibility index (Phi) is 5.35. The van der Waals surface area contributed by atoms with E-state index in [0.717, 1.165) is 27.7 Å². The van der Waals surface area contributed by atoms with Crippen LogP contribution in [0.1, 0.15) is 29.8 Å². The molecule has 33 heavy (non-hydrogen) atoms. The van der Waals surface area contributed by atoms with E-state index in [2.05, 4.69) is 9.83 Å². The van der Waals surface area contributed by atoms with Crippen LogP contribution in [-0.4, -0.2) is 47.1 Å². The van der Waals surface area contributed by atoms with Gasteiger partial charge >= 0.3 is 5.97 Å². The molecule has 1 N–H and O–H groups in total. The fraction of sp³-hybridized carbons (Fsp3) is 0.292. The van der Waals surface area contributed by atoms with Crippen molar-refractivity contribution in [2.24, 2.45) is 0 Å². The van der Waals surface area contributed by atoms with Gasteiger partial charge in [0.15, 0.2) is 17.2 Å². The van der Waals surface area contributed by atoms with Gasteiger partial charge in [-0.25, -0.2) is 9.64 Å². The summed E-state index contributed by atoms with van der Waals surface area (Å²) in [4.78, 5) is 34.5. The lowest BCUT2D eigenvalue weighted by atomic mass is 9.87. The maximum atomic E-state index is 13.1. The molecule has 2 aliphatic heterocycles. The SMILES string of the molecule is [C-]#[N+]c1ccc2c3c([nH]c2c1)[C@@H](c1ccc2c(c1)OCO2)N(C(=O)CCl)[C@@H](C(=O)OCC)C3. The van der Waals surface area contributed by atoms with Gasteiger partial charge in [-0.2, -0.15) is 0 Å². The number of halogens is 1. The molecule has 0 radical (unpaired) electrons. The first-order chi connectivity index (χ1) is 16.0. The van der Waals surface area contributed by atoms with Crippen molar-refractivity contribution in [1.29, 1.82) is 0 Å². The van der Waals surface area contributed by atoms with Crippen LogP contribution in [0.25, 0.3) is 15.7 Å². The first-order valence-electron chi connectivity index (χ1n) is 10.5. The fourth-order valence-electron chi connectivity index (χ4n) is 4.63. The first kappa shape index (κ1) is 21.2. The number of alkyl halides is 1. The minimum absolute atomic E-state index is 0.121. The molecule has 0 saturated heterocycles. The van der Waals surface area contributed by atoms with E-state index in [-0.39, 0.29) is 31.6 Å². The molecule has 168 valence electrons. The Hall–Kier alpha value is -3.70. The zero-order chi connectivity index (χ0) is 23.1. The van der Waals surface area contributed by atoms with Crippen LogP contribution in [0.4, 0.5) is 5.69 Å². The Labute approximate surface area is 194 Å². The highest BCUT2D eigenvalue weighted by atomic mass is 35.5. The van der Waals surface area contributed by atoms with Gasteiger partial charge in [0.05, 0.1) is 19.2 Å². The number of ether oxygens (including phenoxy) is 3. The molecular formula is C24H20ClN3O5. The standard InChI is InChI=1S/C24H20ClN3O5/c1-3-31-24(30)18-10-16-15-6-5-14(26-2)9-17(15)27-22(16)23(28(18)21(29)11-25)13-4-7-19-20(8-13)33-12-32-19/h4-9,18,23,27H,3,10-12H2,1H3/t18-,23-/m1/s1. The number of rotatable bonds is 4. The van der Waals surface area contributed by atoms with Gasteiger partial charge in [-0.3, -0.25) is 4.79 Å². The van der Waals surface area contributed by atoms with Crippen molar-refractivity contribution in [3.8, 4) is 11.5 Å². The molecule has 2 aromatic carbocycles. The summed E-state index contributed by atoms with van der Waals surface area (Å²) in [5.74, 6) is 0.0271. The van der Waals surface area contributed by atoms with E-state index >= 15 is 0 Å². The number of carbonyl (C=O) groups is 2. The number of H-pyrrole nitrogens is 1. The summed E-state index contributed by atoms with van der Waals surface area (Å²) in [5.41, 5.74) is 3.68. The maximum Gasteiger partial charge on any atom is 0.329 e. The predicted molar refractivity (Wildman–Crippen MR) is 121 cm³/mol. The molecule has 0 unspecified atom stereocenters. The van der Waals surface area contributed by atoms with Crippen LogP contribution >= 0.6 is 11.6 Å². The van der Waals surface area contributed by atoms with Crippen molar-refractivity contribution in [2.45, 2.75) is 25.4 Å². The quantitative estimate of drug-likeness (QED) is 0.356. The average Bonchev–Trinajstić information content (AvgIpc) is 3.45. The van der Waals surface area contributed by atoms with Crippen molar-refractivity contribution < 1.29 is 23.8 Å². The van der Waals surface area contributed by atoms with E-state index in [0.29, 0.717) is 17.2 Å². The van der Waals surface area contributed by atoms with E-state index in [4.69, 9.17) is 32.4 Å². The highest BCUT2D eigenvalue weighted by Crippen LogP contribution is 2.44. The van der Waals surface area contributed by atoms with Crippen molar-refractivity contribution >= 4 is 40.1 Å². The summed E-state index contributed by atoms with van der Waals surface area (Å²) in [6.45, 7) is 9.38. The van der Waals surface area contributed by atoms with Gasteiger partial charge in [0, 0.05) is 23.0 Å². The van der Waals surface area contributed by atoms with Crippen LogP contribution in [0.15, 0.2) is 36.4 Å². The van der Waals surface area contributed by atoms with Gasteiger partial charge in [0.1, 0.15) is 11.9 Å². The van der Waals surface area contributed by atoms with Gasteiger partial charge in [-0.15, -0.1) is 11.6 Å². The molecule has 9 heteroatoms. The molecule has 2 aliphatic rings. The average molecular weight is 466 g/mol. The number of benzene rings is 2. The first-order valence-corrected chi connectivity index (χ1v) is 11.0. The third-order valence-electron chi connectivity index (χ3n) is 6.01. The Morgan fingerprint density at radius 3 is 2.82 bits per heavy atom. The van der Waals surface area contributed by atoms with Gasteiger partial charge in [-0.05, 0) is 36.2 Å².